The van der Waals surface area contributed by atoms with Crippen LogP contribution in [0.4, 0.5) is 5.82 Å². The summed E-state index contributed by atoms with van der Waals surface area (Å²) in [5.41, 5.74) is 3.58. The molecule has 0 radical (unpaired) electrons. The van der Waals surface area contributed by atoms with Crippen LogP contribution in [0.1, 0.15) is 43.2 Å². The fourth-order valence-electron chi connectivity index (χ4n) is 4.57. The Morgan fingerprint density at radius 1 is 1.29 bits per heavy atom. The molecule has 4 atom stereocenters. The summed E-state index contributed by atoms with van der Waals surface area (Å²) in [6.45, 7) is 0.990. The number of aromatic nitrogens is 4. The molecule has 1 aliphatic carbocycles. The first kappa shape index (κ1) is 22.7. The van der Waals surface area contributed by atoms with E-state index in [2.05, 4.69) is 36.6 Å². The van der Waals surface area contributed by atoms with E-state index in [0.717, 1.165) is 12.8 Å². The average Bonchev–Trinajstić information content (AvgIpc) is 3.49. The lowest BCUT2D eigenvalue weighted by Gasteiger charge is -2.20. The Morgan fingerprint density at radius 3 is 2.91 bits per heavy atom. The summed E-state index contributed by atoms with van der Waals surface area (Å²) in [5.74, 6) is 0.0921. The van der Waals surface area contributed by atoms with Gasteiger partial charge in [0, 0.05) is 13.3 Å². The molecule has 1 saturated heterocycles. The minimum Gasteiger partial charge on any atom is -0.458 e. The van der Waals surface area contributed by atoms with Crippen molar-refractivity contribution in [3.63, 3.8) is 0 Å². The molecule has 0 amide bonds. The minimum atomic E-state index is -4.13. The van der Waals surface area contributed by atoms with Crippen molar-refractivity contribution in [2.24, 2.45) is 5.14 Å². The summed E-state index contributed by atoms with van der Waals surface area (Å²) in [7, 11) is -4.13. The predicted molar refractivity (Wildman–Crippen MR) is 120 cm³/mol. The van der Waals surface area contributed by atoms with Gasteiger partial charge >= 0.3 is 16.3 Å². The number of esters is 1. The zero-order valence-corrected chi connectivity index (χ0v) is 19.1. The third-order valence-electron chi connectivity index (χ3n) is 5.96. The SMILES string of the molecule is CC(=O)O[C@H]1C[C@H](COS(N)(=O)=O)O[C@H]1n1cnc2c(N[C@H]3CCc4ccccc43)ncnc21. The Kier molecular flexibility index (Phi) is 5.93. The molecule has 3 aromatic rings. The normalized spacial score (nSPS) is 24.3. The molecule has 0 saturated carbocycles. The maximum atomic E-state index is 11.7. The van der Waals surface area contributed by atoms with Gasteiger partial charge in [0.05, 0.1) is 25.1 Å². The second-order valence-corrected chi connectivity index (χ2v) is 9.51. The van der Waals surface area contributed by atoms with Crippen molar-refractivity contribution < 1.29 is 26.9 Å². The highest BCUT2D eigenvalue weighted by Crippen LogP contribution is 2.36. The van der Waals surface area contributed by atoms with Crippen molar-refractivity contribution in [2.45, 2.75) is 50.7 Å². The number of nitrogens with zero attached hydrogens (tertiary/aromatic N) is 4. The van der Waals surface area contributed by atoms with Gasteiger partial charge in [0.2, 0.25) is 0 Å². The van der Waals surface area contributed by atoms with Gasteiger partial charge < -0.3 is 14.8 Å². The molecule has 2 aromatic heterocycles. The van der Waals surface area contributed by atoms with Crippen LogP contribution < -0.4 is 10.5 Å². The molecule has 34 heavy (non-hydrogen) atoms. The van der Waals surface area contributed by atoms with Gasteiger partial charge in [-0.3, -0.25) is 13.5 Å². The summed E-state index contributed by atoms with van der Waals surface area (Å²) in [4.78, 5) is 24.9. The van der Waals surface area contributed by atoms with Gasteiger partial charge in [-0.15, -0.1) is 0 Å². The van der Waals surface area contributed by atoms with Crippen molar-refractivity contribution >= 4 is 33.3 Å². The first-order valence-electron chi connectivity index (χ1n) is 10.8. The lowest BCUT2D eigenvalue weighted by atomic mass is 10.1. The summed E-state index contributed by atoms with van der Waals surface area (Å²) in [6, 6.07) is 8.40. The molecule has 1 aliphatic heterocycles. The Hall–Kier alpha value is -3.13. The topological polar surface area (TPSA) is 161 Å². The number of nitrogens with two attached hydrogens (primary N) is 1. The third-order valence-corrected chi connectivity index (χ3v) is 6.42. The predicted octanol–water partition coefficient (Wildman–Crippen LogP) is 1.37. The maximum absolute atomic E-state index is 11.7. The van der Waals surface area contributed by atoms with Gasteiger partial charge in [-0.05, 0) is 24.0 Å². The number of fused-ring (bicyclic) bond motifs is 2. The van der Waals surface area contributed by atoms with E-state index < -0.39 is 34.7 Å². The highest BCUT2D eigenvalue weighted by atomic mass is 32.2. The molecule has 1 fully saturated rings. The van der Waals surface area contributed by atoms with Gasteiger partial charge in [0.1, 0.15) is 12.4 Å². The molecule has 0 spiro atoms. The van der Waals surface area contributed by atoms with Crippen LogP contribution >= 0.6 is 0 Å². The van der Waals surface area contributed by atoms with E-state index in [1.807, 2.05) is 12.1 Å². The van der Waals surface area contributed by atoms with E-state index in [9.17, 15) is 13.2 Å². The Balaban J connectivity index is 1.41. The minimum absolute atomic E-state index is 0.107. The smallest absolute Gasteiger partial charge is 0.333 e. The summed E-state index contributed by atoms with van der Waals surface area (Å²) >= 11 is 0. The van der Waals surface area contributed by atoms with Gasteiger partial charge in [-0.1, -0.05) is 24.3 Å². The van der Waals surface area contributed by atoms with Crippen molar-refractivity contribution in [3.8, 4) is 0 Å². The summed E-state index contributed by atoms with van der Waals surface area (Å²) in [6.07, 6.45) is 2.97. The number of carbonyl (C=O) groups excluding carboxylic acids is 1. The second kappa shape index (κ2) is 8.91. The standard InChI is InChI=1S/C21H24N6O6S/c1-12(28)32-17-8-14(9-31-34(22,29)30)33-21(17)27-11-25-18-19(23-10-24-20(18)27)26-16-7-6-13-4-2-3-5-15(13)16/h2-5,10-11,14,16-17,21H,6-9H2,1H3,(H2,22,29,30)(H,23,24,26)/t14-,16+,17+,21-/m1/s1. The second-order valence-electron chi connectivity index (χ2n) is 8.29. The highest BCUT2D eigenvalue weighted by molar-refractivity contribution is 7.84. The molecule has 180 valence electrons. The highest BCUT2D eigenvalue weighted by Gasteiger charge is 2.40. The van der Waals surface area contributed by atoms with Crippen molar-refractivity contribution in [3.05, 3.63) is 48.0 Å². The quantitative estimate of drug-likeness (QED) is 0.465. The number of imidazole rings is 1. The van der Waals surface area contributed by atoms with Crippen molar-refractivity contribution in [1.82, 2.24) is 19.5 Å². The van der Waals surface area contributed by atoms with Crippen LogP contribution in [0.25, 0.3) is 11.2 Å². The number of anilines is 1. The molecular weight excluding hydrogens is 464 g/mol. The van der Waals surface area contributed by atoms with E-state index in [0.29, 0.717) is 17.0 Å². The van der Waals surface area contributed by atoms with Gasteiger partial charge in [0.25, 0.3) is 0 Å². The molecule has 1 aromatic carbocycles. The zero-order chi connectivity index (χ0) is 23.9. The van der Waals surface area contributed by atoms with E-state index in [1.54, 1.807) is 4.57 Å². The van der Waals surface area contributed by atoms with E-state index in [1.165, 1.54) is 30.7 Å². The molecule has 12 nitrogen and oxygen atoms in total. The largest absolute Gasteiger partial charge is 0.458 e. The molecule has 13 heteroatoms. The van der Waals surface area contributed by atoms with E-state index in [4.69, 9.17) is 14.6 Å². The Bertz CT molecular complexity index is 1330. The van der Waals surface area contributed by atoms with Gasteiger partial charge in [-0.2, -0.15) is 8.42 Å². The van der Waals surface area contributed by atoms with E-state index >= 15 is 0 Å². The Labute approximate surface area is 195 Å². The number of rotatable bonds is 7. The average molecular weight is 489 g/mol. The van der Waals surface area contributed by atoms with Crippen LogP contribution in [0.3, 0.4) is 0 Å². The number of benzene rings is 1. The molecule has 3 N–H and O–H groups in total. The first-order chi connectivity index (χ1) is 16.3. The van der Waals surface area contributed by atoms with E-state index in [-0.39, 0.29) is 19.1 Å². The fraction of sp³-hybridized carbons (Fsp3) is 0.429. The lowest BCUT2D eigenvalue weighted by molar-refractivity contribution is -0.152. The molecular formula is C21H24N6O6S. The van der Waals surface area contributed by atoms with Crippen molar-refractivity contribution in [2.75, 3.05) is 11.9 Å². The maximum Gasteiger partial charge on any atom is 0.333 e. The molecule has 0 bridgehead atoms. The van der Waals surface area contributed by atoms with Gasteiger partial charge in [-0.25, -0.2) is 20.1 Å². The molecule has 0 unspecified atom stereocenters. The zero-order valence-electron chi connectivity index (χ0n) is 18.3. The van der Waals surface area contributed by atoms with Crippen LogP contribution in [0.5, 0.6) is 0 Å². The number of aryl methyl sites for hydroxylation is 1. The summed E-state index contributed by atoms with van der Waals surface area (Å²) in [5, 5.41) is 8.40. The van der Waals surface area contributed by atoms with Crippen LogP contribution in [0, 0.1) is 0 Å². The molecule has 2 aliphatic rings. The third kappa shape index (κ3) is 4.59. The number of hydrogen-bond acceptors (Lipinski definition) is 10. The van der Waals surface area contributed by atoms with Gasteiger partial charge in [0.15, 0.2) is 23.2 Å². The Morgan fingerprint density at radius 2 is 2.12 bits per heavy atom. The lowest BCUT2D eigenvalue weighted by Crippen LogP contribution is -2.24. The first-order valence-corrected chi connectivity index (χ1v) is 12.3. The number of carbonyl (C=O) groups is 1. The molecule has 5 rings (SSSR count). The van der Waals surface area contributed by atoms with Crippen LogP contribution in [-0.4, -0.2) is 52.7 Å². The van der Waals surface area contributed by atoms with Crippen molar-refractivity contribution in [1.29, 1.82) is 0 Å². The van der Waals surface area contributed by atoms with Crippen LogP contribution in [0.2, 0.25) is 0 Å². The van der Waals surface area contributed by atoms with Crippen LogP contribution in [0.15, 0.2) is 36.9 Å². The summed E-state index contributed by atoms with van der Waals surface area (Å²) < 4.78 is 40.0. The number of nitrogens with one attached hydrogen (secondary N) is 1. The monoisotopic (exact) mass is 488 g/mol. The van der Waals surface area contributed by atoms with Crippen LogP contribution in [-0.2, 0) is 35.2 Å². The number of ether oxygens (including phenoxy) is 2. The fourth-order valence-corrected chi connectivity index (χ4v) is 4.92. The molecule has 3 heterocycles. The number of hydrogen-bond donors (Lipinski definition) is 2.